The quantitative estimate of drug-likeness (QED) is 0.618. The number of benzene rings is 1. The third-order valence-electron chi connectivity index (χ3n) is 2.74. The van der Waals surface area contributed by atoms with Crippen molar-refractivity contribution in [1.29, 1.82) is 0 Å². The number of allylic oxidation sites excluding steroid dienone is 1. The minimum Gasteiger partial charge on any atom is -0.493 e. The van der Waals surface area contributed by atoms with Crippen molar-refractivity contribution in [1.82, 2.24) is 5.32 Å². The van der Waals surface area contributed by atoms with Gasteiger partial charge in [0.2, 0.25) is 0 Å². The normalized spacial score (nSPS) is 13.1. The Balaban J connectivity index is 1.88. The minimum atomic E-state index is 0.837. The van der Waals surface area contributed by atoms with Gasteiger partial charge in [-0.25, -0.2) is 0 Å². The first kappa shape index (κ1) is 11.2. The van der Waals surface area contributed by atoms with Crippen LogP contribution in [-0.4, -0.2) is 13.2 Å². The van der Waals surface area contributed by atoms with Crippen LogP contribution in [0.15, 0.2) is 29.8 Å². The Morgan fingerprint density at radius 1 is 1.44 bits per heavy atom. The third-order valence-corrected chi connectivity index (χ3v) is 2.74. The summed E-state index contributed by atoms with van der Waals surface area (Å²) >= 11 is 0. The summed E-state index contributed by atoms with van der Waals surface area (Å²) in [5.41, 5.74) is 4.04. The van der Waals surface area contributed by atoms with E-state index in [4.69, 9.17) is 4.74 Å². The van der Waals surface area contributed by atoms with Crippen LogP contribution < -0.4 is 10.1 Å². The molecule has 2 heteroatoms. The van der Waals surface area contributed by atoms with Crippen LogP contribution in [0.25, 0.3) is 0 Å². The summed E-state index contributed by atoms with van der Waals surface area (Å²) in [4.78, 5) is 0. The first-order chi connectivity index (χ1) is 7.75. The van der Waals surface area contributed by atoms with Crippen LogP contribution in [0.2, 0.25) is 0 Å². The Morgan fingerprint density at radius 2 is 2.31 bits per heavy atom. The highest BCUT2D eigenvalue weighted by molar-refractivity contribution is 5.39. The number of fused-ring (bicyclic) bond motifs is 1. The molecule has 16 heavy (non-hydrogen) atoms. The molecule has 0 atom stereocenters. The molecule has 1 aliphatic rings. The standard InChI is InChI=1S/C14H19NO/c1-11(2)5-7-15-10-12-3-4-14-13(9-12)6-8-16-14/h3-5,9,15H,6-8,10H2,1-2H3. The summed E-state index contributed by atoms with van der Waals surface area (Å²) in [5, 5.41) is 3.41. The van der Waals surface area contributed by atoms with Crippen molar-refractivity contribution in [3.8, 4) is 5.75 Å². The van der Waals surface area contributed by atoms with E-state index in [0.29, 0.717) is 0 Å². The Kier molecular flexibility index (Phi) is 3.62. The van der Waals surface area contributed by atoms with Crippen LogP contribution in [-0.2, 0) is 13.0 Å². The molecule has 0 saturated carbocycles. The molecule has 1 aromatic carbocycles. The van der Waals surface area contributed by atoms with Crippen LogP contribution in [0.1, 0.15) is 25.0 Å². The highest BCUT2D eigenvalue weighted by Gasteiger charge is 2.11. The molecule has 0 amide bonds. The highest BCUT2D eigenvalue weighted by Crippen LogP contribution is 2.25. The van der Waals surface area contributed by atoms with Gasteiger partial charge in [0.1, 0.15) is 5.75 Å². The van der Waals surface area contributed by atoms with E-state index in [-0.39, 0.29) is 0 Å². The molecule has 1 N–H and O–H groups in total. The minimum absolute atomic E-state index is 0.837. The fourth-order valence-corrected chi connectivity index (χ4v) is 1.84. The number of hydrogen-bond donors (Lipinski definition) is 1. The van der Waals surface area contributed by atoms with Crippen molar-refractivity contribution in [2.45, 2.75) is 26.8 Å². The lowest BCUT2D eigenvalue weighted by molar-refractivity contribution is 0.357. The topological polar surface area (TPSA) is 21.3 Å². The lowest BCUT2D eigenvalue weighted by Gasteiger charge is -2.05. The Bertz CT molecular complexity index is 392. The van der Waals surface area contributed by atoms with Crippen LogP contribution in [0.4, 0.5) is 0 Å². The molecule has 1 aromatic rings. The molecule has 2 nitrogen and oxygen atoms in total. The van der Waals surface area contributed by atoms with Crippen LogP contribution in [0, 0.1) is 0 Å². The van der Waals surface area contributed by atoms with E-state index in [1.54, 1.807) is 0 Å². The van der Waals surface area contributed by atoms with Gasteiger partial charge in [-0.2, -0.15) is 0 Å². The van der Waals surface area contributed by atoms with E-state index < -0.39 is 0 Å². The first-order valence-electron chi connectivity index (χ1n) is 5.84. The van der Waals surface area contributed by atoms with Gasteiger partial charge in [0.25, 0.3) is 0 Å². The first-order valence-corrected chi connectivity index (χ1v) is 5.84. The summed E-state index contributed by atoms with van der Waals surface area (Å²) in [5.74, 6) is 1.06. The van der Waals surface area contributed by atoms with Gasteiger partial charge in [-0.05, 0) is 31.0 Å². The third kappa shape index (κ3) is 2.86. The van der Waals surface area contributed by atoms with Crippen molar-refractivity contribution >= 4 is 0 Å². The molecule has 1 aliphatic heterocycles. The average molecular weight is 217 g/mol. The predicted octanol–water partition coefficient (Wildman–Crippen LogP) is 2.68. The van der Waals surface area contributed by atoms with Crippen LogP contribution in [0.5, 0.6) is 5.75 Å². The molecule has 0 aromatic heterocycles. The second-order valence-electron chi connectivity index (χ2n) is 4.45. The number of ether oxygens (including phenoxy) is 1. The zero-order valence-corrected chi connectivity index (χ0v) is 10.0. The monoisotopic (exact) mass is 217 g/mol. The van der Waals surface area contributed by atoms with Crippen molar-refractivity contribution in [3.05, 3.63) is 41.0 Å². The molecule has 0 aliphatic carbocycles. The lowest BCUT2D eigenvalue weighted by atomic mass is 10.1. The number of nitrogens with one attached hydrogen (secondary N) is 1. The Labute approximate surface area is 97.3 Å². The second kappa shape index (κ2) is 5.17. The van der Waals surface area contributed by atoms with E-state index in [1.165, 1.54) is 16.7 Å². The number of rotatable bonds is 4. The second-order valence-corrected chi connectivity index (χ2v) is 4.45. The summed E-state index contributed by atoms with van der Waals surface area (Å²) in [6.45, 7) is 6.94. The van der Waals surface area contributed by atoms with Crippen molar-refractivity contribution in [3.63, 3.8) is 0 Å². The Morgan fingerprint density at radius 3 is 3.12 bits per heavy atom. The largest absolute Gasteiger partial charge is 0.493 e. The highest BCUT2D eigenvalue weighted by atomic mass is 16.5. The predicted molar refractivity (Wildman–Crippen MR) is 66.8 cm³/mol. The van der Waals surface area contributed by atoms with Gasteiger partial charge in [-0.1, -0.05) is 23.8 Å². The molecule has 86 valence electrons. The zero-order chi connectivity index (χ0) is 11.4. The summed E-state index contributed by atoms with van der Waals surface area (Å²) in [6, 6.07) is 6.47. The molecule has 0 radical (unpaired) electrons. The maximum Gasteiger partial charge on any atom is 0.122 e. The van der Waals surface area contributed by atoms with E-state index in [2.05, 4.69) is 43.4 Å². The van der Waals surface area contributed by atoms with Gasteiger partial charge >= 0.3 is 0 Å². The molecule has 0 saturated heterocycles. The fourth-order valence-electron chi connectivity index (χ4n) is 1.84. The van der Waals surface area contributed by atoms with E-state index in [9.17, 15) is 0 Å². The molecule has 0 spiro atoms. The van der Waals surface area contributed by atoms with Crippen LogP contribution in [0.3, 0.4) is 0 Å². The molecule has 2 rings (SSSR count). The van der Waals surface area contributed by atoms with E-state index in [0.717, 1.165) is 31.9 Å². The summed E-state index contributed by atoms with van der Waals surface area (Å²) in [6.07, 6.45) is 3.26. The van der Waals surface area contributed by atoms with Gasteiger partial charge in [0.05, 0.1) is 6.61 Å². The Hall–Kier alpha value is -1.28. The molecule has 0 unspecified atom stereocenters. The molecular weight excluding hydrogens is 198 g/mol. The summed E-state index contributed by atoms with van der Waals surface area (Å²) in [7, 11) is 0. The maximum absolute atomic E-state index is 5.48. The molecular formula is C14H19NO. The van der Waals surface area contributed by atoms with Gasteiger partial charge in [-0.3, -0.25) is 0 Å². The van der Waals surface area contributed by atoms with Gasteiger partial charge in [0, 0.05) is 19.5 Å². The number of hydrogen-bond acceptors (Lipinski definition) is 2. The zero-order valence-electron chi connectivity index (χ0n) is 10.0. The van der Waals surface area contributed by atoms with Gasteiger partial charge < -0.3 is 10.1 Å². The van der Waals surface area contributed by atoms with Crippen molar-refractivity contribution in [2.75, 3.05) is 13.2 Å². The van der Waals surface area contributed by atoms with Crippen LogP contribution >= 0.6 is 0 Å². The average Bonchev–Trinajstić information content (AvgIpc) is 2.71. The van der Waals surface area contributed by atoms with Gasteiger partial charge in [0.15, 0.2) is 0 Å². The smallest absolute Gasteiger partial charge is 0.122 e. The van der Waals surface area contributed by atoms with E-state index in [1.807, 2.05) is 0 Å². The summed E-state index contributed by atoms with van der Waals surface area (Å²) < 4.78 is 5.48. The van der Waals surface area contributed by atoms with Gasteiger partial charge in [-0.15, -0.1) is 0 Å². The SMILES string of the molecule is CC(C)=CCNCc1ccc2c(c1)CCO2. The molecule has 0 bridgehead atoms. The van der Waals surface area contributed by atoms with Crippen molar-refractivity contribution < 1.29 is 4.74 Å². The fraction of sp³-hybridized carbons (Fsp3) is 0.429. The molecule has 0 fully saturated rings. The molecule has 1 heterocycles. The lowest BCUT2D eigenvalue weighted by Crippen LogP contribution is -2.13. The van der Waals surface area contributed by atoms with E-state index >= 15 is 0 Å². The maximum atomic E-state index is 5.48. The van der Waals surface area contributed by atoms with Crippen molar-refractivity contribution in [2.24, 2.45) is 0 Å².